The van der Waals surface area contributed by atoms with Gasteiger partial charge in [0.15, 0.2) is 5.82 Å². The number of piperidine rings is 1. The van der Waals surface area contributed by atoms with E-state index in [4.69, 9.17) is 0 Å². The lowest BCUT2D eigenvalue weighted by Gasteiger charge is -2.48. The van der Waals surface area contributed by atoms with Crippen LogP contribution in [0.1, 0.15) is 61.7 Å². The lowest BCUT2D eigenvalue weighted by atomic mass is 9.82. The molecule has 146 valence electrons. The summed E-state index contributed by atoms with van der Waals surface area (Å²) in [5.74, 6) is -1.05. The highest BCUT2D eigenvalue weighted by atomic mass is 19.1. The van der Waals surface area contributed by atoms with Crippen LogP contribution >= 0.6 is 0 Å². The van der Waals surface area contributed by atoms with Gasteiger partial charge in [-0.3, -0.25) is 14.6 Å². The molecule has 3 fully saturated rings. The number of hydrogen-bond acceptors (Lipinski definition) is 4. The fourth-order valence-electron chi connectivity index (χ4n) is 5.09. The summed E-state index contributed by atoms with van der Waals surface area (Å²) in [4.78, 5) is 33.8. The van der Waals surface area contributed by atoms with Gasteiger partial charge in [0.1, 0.15) is 5.54 Å². The molecule has 2 aliphatic heterocycles. The van der Waals surface area contributed by atoms with Gasteiger partial charge in [-0.15, -0.1) is 0 Å². The van der Waals surface area contributed by atoms with E-state index in [0.717, 1.165) is 31.9 Å². The van der Waals surface area contributed by atoms with Crippen molar-refractivity contribution in [2.75, 3.05) is 13.1 Å². The van der Waals surface area contributed by atoms with E-state index >= 15 is 0 Å². The van der Waals surface area contributed by atoms with Gasteiger partial charge in [0, 0.05) is 25.3 Å². The van der Waals surface area contributed by atoms with Crippen LogP contribution < -0.4 is 0 Å². The summed E-state index contributed by atoms with van der Waals surface area (Å²) in [5, 5.41) is 9.77. The van der Waals surface area contributed by atoms with Crippen molar-refractivity contribution in [2.24, 2.45) is 0 Å². The van der Waals surface area contributed by atoms with Gasteiger partial charge in [0.05, 0.1) is 17.9 Å². The van der Waals surface area contributed by atoms with Crippen molar-refractivity contribution >= 4 is 11.8 Å². The van der Waals surface area contributed by atoms with Crippen molar-refractivity contribution in [2.45, 2.75) is 69.1 Å². The summed E-state index contributed by atoms with van der Waals surface area (Å²) in [5.41, 5.74) is -0.863. The van der Waals surface area contributed by atoms with Crippen LogP contribution in [0.25, 0.3) is 0 Å². The molecular weight excluding hydrogens is 349 g/mol. The average molecular weight is 375 g/mol. The predicted molar refractivity (Wildman–Crippen MR) is 96.4 cm³/mol. The van der Waals surface area contributed by atoms with Crippen LogP contribution in [0.5, 0.6) is 0 Å². The lowest BCUT2D eigenvalue weighted by molar-refractivity contribution is -0.149. The third kappa shape index (κ3) is 3.12. The van der Waals surface area contributed by atoms with Gasteiger partial charge in [0.2, 0.25) is 5.91 Å². The van der Waals surface area contributed by atoms with Gasteiger partial charge in [-0.2, -0.15) is 0 Å². The van der Waals surface area contributed by atoms with E-state index in [1.54, 1.807) is 4.90 Å². The second-order valence-electron chi connectivity index (χ2n) is 8.01. The second kappa shape index (κ2) is 7.19. The molecule has 1 aliphatic carbocycles. The van der Waals surface area contributed by atoms with Gasteiger partial charge >= 0.3 is 0 Å². The Morgan fingerprint density at radius 3 is 2.59 bits per heavy atom. The normalized spacial score (nSPS) is 31.6. The minimum absolute atomic E-state index is 0.00968. The van der Waals surface area contributed by atoms with E-state index in [9.17, 15) is 19.1 Å². The van der Waals surface area contributed by atoms with E-state index < -0.39 is 17.3 Å². The highest BCUT2D eigenvalue weighted by Gasteiger charge is 2.54. The molecule has 7 heteroatoms. The van der Waals surface area contributed by atoms with E-state index in [0.29, 0.717) is 38.8 Å². The molecule has 0 aromatic carbocycles. The quantitative estimate of drug-likeness (QED) is 0.859. The second-order valence-corrected chi connectivity index (χ2v) is 8.01. The molecule has 27 heavy (non-hydrogen) atoms. The van der Waals surface area contributed by atoms with Crippen molar-refractivity contribution in [3.8, 4) is 0 Å². The van der Waals surface area contributed by atoms with Crippen LogP contribution in [0, 0.1) is 5.82 Å². The van der Waals surface area contributed by atoms with Crippen molar-refractivity contribution < 1.29 is 19.1 Å². The van der Waals surface area contributed by atoms with Gasteiger partial charge in [0.25, 0.3) is 5.91 Å². The van der Waals surface area contributed by atoms with E-state index in [-0.39, 0.29) is 23.6 Å². The van der Waals surface area contributed by atoms with E-state index in [1.807, 2.05) is 4.90 Å². The first-order valence-corrected chi connectivity index (χ1v) is 9.93. The number of amides is 2. The first kappa shape index (κ1) is 18.3. The molecule has 1 aromatic heterocycles. The smallest absolute Gasteiger partial charge is 0.257 e. The molecule has 1 spiro atoms. The highest BCUT2D eigenvalue weighted by Crippen LogP contribution is 2.41. The van der Waals surface area contributed by atoms with Crippen LogP contribution in [0.4, 0.5) is 4.39 Å². The largest absolute Gasteiger partial charge is 0.393 e. The van der Waals surface area contributed by atoms with Gasteiger partial charge in [-0.1, -0.05) is 0 Å². The molecule has 0 bridgehead atoms. The maximum Gasteiger partial charge on any atom is 0.257 e. The molecule has 6 nitrogen and oxygen atoms in total. The van der Waals surface area contributed by atoms with Crippen molar-refractivity contribution in [1.82, 2.24) is 14.8 Å². The number of carbonyl (C=O) groups is 2. The fourth-order valence-corrected chi connectivity index (χ4v) is 5.09. The van der Waals surface area contributed by atoms with Crippen LogP contribution in [0.15, 0.2) is 18.5 Å². The standard InChI is InChI=1S/C20H26FN3O3/c21-17-13-22-10-7-16(17)18(26)24-12-2-9-20(24)8-1-11-23(19(20)27)14-3-5-15(25)6-4-14/h7,10,13-15,25H,1-6,8-9,11-12H2. The molecule has 4 rings (SSSR count). The van der Waals surface area contributed by atoms with Crippen LogP contribution in [0.3, 0.4) is 0 Å². The van der Waals surface area contributed by atoms with Crippen LogP contribution in [0.2, 0.25) is 0 Å². The van der Waals surface area contributed by atoms with Gasteiger partial charge in [-0.25, -0.2) is 4.39 Å². The lowest BCUT2D eigenvalue weighted by Crippen LogP contribution is -2.63. The topological polar surface area (TPSA) is 73.7 Å². The number of likely N-dealkylation sites (tertiary alicyclic amines) is 2. The molecule has 3 heterocycles. The Morgan fingerprint density at radius 2 is 1.89 bits per heavy atom. The first-order valence-electron chi connectivity index (χ1n) is 9.93. The third-order valence-electron chi connectivity index (χ3n) is 6.49. The van der Waals surface area contributed by atoms with Crippen molar-refractivity contribution in [3.05, 3.63) is 29.8 Å². The molecule has 1 unspecified atom stereocenters. The average Bonchev–Trinajstić information content (AvgIpc) is 3.09. The number of hydrogen-bond donors (Lipinski definition) is 1. The number of carbonyl (C=O) groups excluding carboxylic acids is 2. The maximum atomic E-state index is 14.1. The Kier molecular flexibility index (Phi) is 4.88. The monoisotopic (exact) mass is 375 g/mol. The Labute approximate surface area is 158 Å². The molecule has 1 aromatic rings. The number of nitrogens with zero attached hydrogens (tertiary/aromatic N) is 3. The third-order valence-corrected chi connectivity index (χ3v) is 6.49. The molecule has 3 aliphatic rings. The number of aliphatic hydroxyl groups is 1. The zero-order valence-corrected chi connectivity index (χ0v) is 15.4. The summed E-state index contributed by atoms with van der Waals surface area (Å²) in [6.07, 6.45) is 8.07. The zero-order chi connectivity index (χ0) is 19.0. The summed E-state index contributed by atoms with van der Waals surface area (Å²) < 4.78 is 14.1. The Bertz CT molecular complexity index is 735. The fraction of sp³-hybridized carbons (Fsp3) is 0.650. The van der Waals surface area contributed by atoms with Crippen molar-refractivity contribution in [3.63, 3.8) is 0 Å². The molecule has 1 N–H and O–H groups in total. The van der Waals surface area contributed by atoms with Gasteiger partial charge < -0.3 is 14.9 Å². The zero-order valence-electron chi connectivity index (χ0n) is 15.4. The molecular formula is C20H26FN3O3. The van der Waals surface area contributed by atoms with Crippen molar-refractivity contribution in [1.29, 1.82) is 0 Å². The van der Waals surface area contributed by atoms with Gasteiger partial charge in [-0.05, 0) is 57.4 Å². The highest BCUT2D eigenvalue weighted by molar-refractivity contribution is 6.00. The molecule has 2 amide bonds. The Morgan fingerprint density at radius 1 is 1.19 bits per heavy atom. The molecule has 1 atom stereocenters. The number of pyridine rings is 1. The number of aromatic nitrogens is 1. The predicted octanol–water partition coefficient (Wildman–Crippen LogP) is 2.12. The Balaban J connectivity index is 1.59. The maximum absolute atomic E-state index is 14.1. The molecule has 0 radical (unpaired) electrons. The summed E-state index contributed by atoms with van der Waals surface area (Å²) in [6.45, 7) is 1.18. The first-order chi connectivity index (χ1) is 13.0. The summed E-state index contributed by atoms with van der Waals surface area (Å²) in [7, 11) is 0. The summed E-state index contributed by atoms with van der Waals surface area (Å²) in [6, 6.07) is 1.52. The van der Waals surface area contributed by atoms with E-state index in [2.05, 4.69) is 4.98 Å². The minimum Gasteiger partial charge on any atom is -0.393 e. The SMILES string of the molecule is O=C(c1ccncc1F)N1CCCC12CCCN(C1CCC(O)CC1)C2=O. The van der Waals surface area contributed by atoms with E-state index in [1.165, 1.54) is 12.3 Å². The van der Waals surface area contributed by atoms with Crippen LogP contribution in [-0.4, -0.2) is 62.5 Å². The number of halogens is 1. The number of rotatable bonds is 2. The number of aliphatic hydroxyl groups excluding tert-OH is 1. The molecule has 2 saturated heterocycles. The van der Waals surface area contributed by atoms with Crippen LogP contribution in [-0.2, 0) is 4.79 Å². The minimum atomic E-state index is -0.846. The Hall–Kier alpha value is -2.02. The summed E-state index contributed by atoms with van der Waals surface area (Å²) >= 11 is 0. The molecule has 1 saturated carbocycles.